The Hall–Kier alpha value is -2.10. The molecule has 4 heteroatoms. The van der Waals surface area contributed by atoms with Gasteiger partial charge in [-0.05, 0) is 37.6 Å². The van der Waals surface area contributed by atoms with Gasteiger partial charge in [0.25, 0.3) is 0 Å². The number of aryl methyl sites for hydroxylation is 1. The number of nitrogens with zero attached hydrogens (tertiary/aromatic N) is 2. The summed E-state index contributed by atoms with van der Waals surface area (Å²) in [5.74, 6) is 2.44. The Labute approximate surface area is 113 Å². The maximum atomic E-state index is 5.56. The quantitative estimate of drug-likeness (QED) is 0.893. The second-order valence-corrected chi connectivity index (χ2v) is 4.34. The SMILES string of the molecule is CCCOc1ccc(-c2nc(C)cc(NC)n2)cc1. The molecule has 1 heterocycles. The lowest BCUT2D eigenvalue weighted by molar-refractivity contribution is 0.317. The largest absolute Gasteiger partial charge is 0.494 e. The Morgan fingerprint density at radius 1 is 1.16 bits per heavy atom. The molecule has 100 valence electrons. The molecule has 19 heavy (non-hydrogen) atoms. The first-order valence-electron chi connectivity index (χ1n) is 6.49. The molecular weight excluding hydrogens is 238 g/mol. The Morgan fingerprint density at radius 2 is 1.89 bits per heavy atom. The van der Waals surface area contributed by atoms with Crippen LogP contribution in [0.5, 0.6) is 5.75 Å². The summed E-state index contributed by atoms with van der Waals surface area (Å²) in [4.78, 5) is 8.90. The summed E-state index contributed by atoms with van der Waals surface area (Å²) >= 11 is 0. The van der Waals surface area contributed by atoms with E-state index in [1.165, 1.54) is 0 Å². The van der Waals surface area contributed by atoms with Gasteiger partial charge in [-0.15, -0.1) is 0 Å². The van der Waals surface area contributed by atoms with E-state index in [9.17, 15) is 0 Å². The highest BCUT2D eigenvalue weighted by atomic mass is 16.5. The third-order valence-corrected chi connectivity index (χ3v) is 2.70. The standard InChI is InChI=1S/C15H19N3O/c1-4-9-19-13-7-5-12(6-8-13)15-17-11(2)10-14(16-3)18-15/h5-8,10H,4,9H2,1-3H3,(H,16,17,18). The van der Waals surface area contributed by atoms with Crippen LogP contribution in [-0.2, 0) is 0 Å². The van der Waals surface area contributed by atoms with E-state index in [1.807, 2.05) is 44.3 Å². The molecule has 0 saturated carbocycles. The van der Waals surface area contributed by atoms with E-state index in [4.69, 9.17) is 4.74 Å². The van der Waals surface area contributed by atoms with Crippen LogP contribution in [0, 0.1) is 6.92 Å². The van der Waals surface area contributed by atoms with Gasteiger partial charge in [-0.2, -0.15) is 0 Å². The second kappa shape index (κ2) is 6.18. The molecule has 0 bridgehead atoms. The molecule has 4 nitrogen and oxygen atoms in total. The molecule has 1 aromatic heterocycles. The molecule has 1 N–H and O–H groups in total. The molecule has 0 aliphatic rings. The molecular formula is C15H19N3O. The van der Waals surface area contributed by atoms with Crippen LogP contribution in [0.3, 0.4) is 0 Å². The van der Waals surface area contributed by atoms with Crippen molar-refractivity contribution < 1.29 is 4.74 Å². The van der Waals surface area contributed by atoms with Gasteiger partial charge in [0.05, 0.1) is 6.61 Å². The number of anilines is 1. The minimum Gasteiger partial charge on any atom is -0.494 e. The van der Waals surface area contributed by atoms with E-state index in [1.54, 1.807) is 0 Å². The monoisotopic (exact) mass is 257 g/mol. The number of hydrogen-bond acceptors (Lipinski definition) is 4. The Kier molecular flexibility index (Phi) is 4.34. The number of nitrogens with one attached hydrogen (secondary N) is 1. The molecule has 0 radical (unpaired) electrons. The lowest BCUT2D eigenvalue weighted by Gasteiger charge is -2.07. The number of ether oxygens (including phenoxy) is 1. The fraction of sp³-hybridized carbons (Fsp3) is 0.333. The maximum Gasteiger partial charge on any atom is 0.161 e. The first kappa shape index (κ1) is 13.3. The lowest BCUT2D eigenvalue weighted by Crippen LogP contribution is -1.99. The molecule has 0 fully saturated rings. The van der Waals surface area contributed by atoms with Crippen molar-refractivity contribution in [3.8, 4) is 17.1 Å². The highest BCUT2D eigenvalue weighted by Gasteiger charge is 2.04. The molecule has 0 aliphatic carbocycles. The van der Waals surface area contributed by atoms with Gasteiger partial charge in [-0.3, -0.25) is 0 Å². The van der Waals surface area contributed by atoms with Crippen LogP contribution < -0.4 is 10.1 Å². The minimum absolute atomic E-state index is 0.728. The third-order valence-electron chi connectivity index (χ3n) is 2.70. The van der Waals surface area contributed by atoms with E-state index in [0.29, 0.717) is 0 Å². The van der Waals surface area contributed by atoms with E-state index >= 15 is 0 Å². The molecule has 2 rings (SSSR count). The second-order valence-electron chi connectivity index (χ2n) is 4.34. The van der Waals surface area contributed by atoms with Crippen molar-refractivity contribution in [2.75, 3.05) is 19.0 Å². The summed E-state index contributed by atoms with van der Waals surface area (Å²) in [6.45, 7) is 4.79. The van der Waals surface area contributed by atoms with Crippen molar-refractivity contribution in [1.29, 1.82) is 0 Å². The number of hydrogen-bond donors (Lipinski definition) is 1. The fourth-order valence-electron chi connectivity index (χ4n) is 1.75. The van der Waals surface area contributed by atoms with Gasteiger partial charge >= 0.3 is 0 Å². The van der Waals surface area contributed by atoms with Gasteiger partial charge in [0.15, 0.2) is 5.82 Å². The van der Waals surface area contributed by atoms with Gasteiger partial charge in [0.2, 0.25) is 0 Å². The van der Waals surface area contributed by atoms with Crippen LogP contribution in [0.2, 0.25) is 0 Å². The van der Waals surface area contributed by atoms with E-state index in [0.717, 1.165) is 41.7 Å². The van der Waals surface area contributed by atoms with Crippen molar-refractivity contribution in [3.05, 3.63) is 36.0 Å². The zero-order valence-electron chi connectivity index (χ0n) is 11.6. The maximum absolute atomic E-state index is 5.56. The molecule has 0 amide bonds. The van der Waals surface area contributed by atoms with Crippen LogP contribution in [0.25, 0.3) is 11.4 Å². The first-order valence-corrected chi connectivity index (χ1v) is 6.49. The zero-order valence-corrected chi connectivity index (χ0v) is 11.6. The Bertz CT molecular complexity index is 538. The van der Waals surface area contributed by atoms with Gasteiger partial charge < -0.3 is 10.1 Å². The van der Waals surface area contributed by atoms with Gasteiger partial charge in [0.1, 0.15) is 11.6 Å². The summed E-state index contributed by atoms with van der Waals surface area (Å²) in [6, 6.07) is 9.80. The Morgan fingerprint density at radius 3 is 2.53 bits per heavy atom. The molecule has 0 aliphatic heterocycles. The first-order chi connectivity index (χ1) is 9.22. The minimum atomic E-state index is 0.728. The number of rotatable bonds is 5. The predicted octanol–water partition coefficient (Wildman–Crippen LogP) is 3.28. The van der Waals surface area contributed by atoms with Crippen molar-refractivity contribution >= 4 is 5.82 Å². The van der Waals surface area contributed by atoms with E-state index < -0.39 is 0 Å². The summed E-state index contributed by atoms with van der Waals surface area (Å²) in [6.07, 6.45) is 1.01. The topological polar surface area (TPSA) is 47.0 Å². The molecule has 2 aromatic rings. The molecule has 0 unspecified atom stereocenters. The zero-order chi connectivity index (χ0) is 13.7. The number of benzene rings is 1. The molecule has 0 spiro atoms. The average molecular weight is 257 g/mol. The third kappa shape index (κ3) is 3.44. The van der Waals surface area contributed by atoms with Crippen LogP contribution in [0.15, 0.2) is 30.3 Å². The Balaban J connectivity index is 2.24. The summed E-state index contributed by atoms with van der Waals surface area (Å²) in [5, 5.41) is 3.04. The average Bonchev–Trinajstić information content (AvgIpc) is 2.45. The van der Waals surface area contributed by atoms with Crippen molar-refractivity contribution in [2.45, 2.75) is 20.3 Å². The van der Waals surface area contributed by atoms with Crippen LogP contribution in [0.1, 0.15) is 19.0 Å². The van der Waals surface area contributed by atoms with Crippen LogP contribution in [-0.4, -0.2) is 23.6 Å². The van der Waals surface area contributed by atoms with Crippen LogP contribution in [0.4, 0.5) is 5.82 Å². The van der Waals surface area contributed by atoms with Crippen molar-refractivity contribution in [3.63, 3.8) is 0 Å². The number of aromatic nitrogens is 2. The van der Waals surface area contributed by atoms with Gasteiger partial charge in [-0.1, -0.05) is 6.92 Å². The van der Waals surface area contributed by atoms with Gasteiger partial charge in [0, 0.05) is 24.4 Å². The smallest absolute Gasteiger partial charge is 0.161 e. The van der Waals surface area contributed by atoms with Crippen molar-refractivity contribution in [1.82, 2.24) is 9.97 Å². The van der Waals surface area contributed by atoms with E-state index in [-0.39, 0.29) is 0 Å². The molecule has 1 aromatic carbocycles. The lowest BCUT2D eigenvalue weighted by atomic mass is 10.2. The summed E-state index contributed by atoms with van der Waals surface area (Å²) < 4.78 is 5.56. The fourth-order valence-corrected chi connectivity index (χ4v) is 1.75. The molecule has 0 atom stereocenters. The van der Waals surface area contributed by atoms with Crippen LogP contribution >= 0.6 is 0 Å². The summed E-state index contributed by atoms with van der Waals surface area (Å²) in [5.41, 5.74) is 1.93. The van der Waals surface area contributed by atoms with Crippen molar-refractivity contribution in [2.24, 2.45) is 0 Å². The summed E-state index contributed by atoms with van der Waals surface area (Å²) in [7, 11) is 1.85. The highest BCUT2D eigenvalue weighted by molar-refractivity contribution is 5.58. The normalized spacial score (nSPS) is 10.3. The molecule has 0 saturated heterocycles. The van der Waals surface area contributed by atoms with Gasteiger partial charge in [-0.25, -0.2) is 9.97 Å². The van der Waals surface area contributed by atoms with E-state index in [2.05, 4.69) is 22.2 Å². The highest BCUT2D eigenvalue weighted by Crippen LogP contribution is 2.21. The predicted molar refractivity (Wildman–Crippen MR) is 77.5 cm³/mol.